The summed E-state index contributed by atoms with van der Waals surface area (Å²) in [5.41, 5.74) is 2.42. The Bertz CT molecular complexity index is 1180. The second-order valence-corrected chi connectivity index (χ2v) is 8.10. The highest BCUT2D eigenvalue weighted by atomic mass is 16.5. The number of hydrogen-bond acceptors (Lipinski definition) is 7. The van der Waals surface area contributed by atoms with Gasteiger partial charge in [-0.05, 0) is 66.5 Å². The Morgan fingerprint density at radius 2 is 1.43 bits per heavy atom. The molecule has 0 aromatic heterocycles. The fraction of sp³-hybridized carbons (Fsp3) is 0.310. The smallest absolute Gasteiger partial charge is 0.227 e. The van der Waals surface area contributed by atoms with Crippen molar-refractivity contribution in [3.05, 3.63) is 82.1 Å². The van der Waals surface area contributed by atoms with Crippen LogP contribution in [0, 0.1) is 0 Å². The molecule has 198 valence electrons. The van der Waals surface area contributed by atoms with E-state index in [0.29, 0.717) is 46.8 Å². The Labute approximate surface area is 217 Å². The lowest BCUT2D eigenvalue weighted by molar-refractivity contribution is -0.130. The number of amides is 1. The number of aliphatic hydroxyl groups excluding tert-OH is 3. The Balaban J connectivity index is 2.41. The van der Waals surface area contributed by atoms with Gasteiger partial charge in [-0.3, -0.25) is 9.59 Å². The van der Waals surface area contributed by atoms with Gasteiger partial charge in [0.15, 0.2) is 17.3 Å². The Morgan fingerprint density at radius 1 is 0.838 bits per heavy atom. The van der Waals surface area contributed by atoms with Crippen molar-refractivity contribution in [2.45, 2.75) is 33.5 Å². The third-order valence-corrected chi connectivity index (χ3v) is 5.89. The summed E-state index contributed by atoms with van der Waals surface area (Å²) in [7, 11) is 3.05. The van der Waals surface area contributed by atoms with E-state index in [-0.39, 0.29) is 36.9 Å². The van der Waals surface area contributed by atoms with Crippen molar-refractivity contribution in [2.24, 2.45) is 0 Å². The third-order valence-electron chi connectivity index (χ3n) is 5.89. The quantitative estimate of drug-likeness (QED) is 0.212. The van der Waals surface area contributed by atoms with Crippen LogP contribution < -0.4 is 9.47 Å². The molecule has 8 nitrogen and oxygen atoms in total. The highest BCUT2D eigenvalue weighted by molar-refractivity contribution is 6.09. The fourth-order valence-corrected chi connectivity index (χ4v) is 3.70. The van der Waals surface area contributed by atoms with Crippen molar-refractivity contribution < 1.29 is 34.4 Å². The van der Waals surface area contributed by atoms with Gasteiger partial charge in [0.25, 0.3) is 0 Å². The number of ketones is 1. The zero-order valence-corrected chi connectivity index (χ0v) is 21.7. The average molecular weight is 510 g/mol. The molecule has 0 saturated heterocycles. The highest BCUT2D eigenvalue weighted by Crippen LogP contribution is 2.28. The molecule has 0 saturated carbocycles. The van der Waals surface area contributed by atoms with Crippen molar-refractivity contribution >= 4 is 23.8 Å². The second kappa shape index (κ2) is 14.6. The maximum Gasteiger partial charge on any atom is 0.227 e. The van der Waals surface area contributed by atoms with Gasteiger partial charge in [0.05, 0.1) is 39.4 Å². The SMILES string of the molecule is CCN(CC)C(=O)C/C(C(=O)/C=C/c1ccc(CO)c(CO)c1)=C(O)\C=C\c1ccc(OC)c(OC)c1. The maximum absolute atomic E-state index is 13.1. The molecule has 2 rings (SSSR count). The van der Waals surface area contributed by atoms with Crippen molar-refractivity contribution in [3.8, 4) is 11.5 Å². The summed E-state index contributed by atoms with van der Waals surface area (Å²) in [5, 5.41) is 29.7. The van der Waals surface area contributed by atoms with Crippen LogP contribution in [0.2, 0.25) is 0 Å². The number of carbonyl (C=O) groups is 2. The van der Waals surface area contributed by atoms with E-state index in [2.05, 4.69) is 0 Å². The number of nitrogens with zero attached hydrogens (tertiary/aromatic N) is 1. The van der Waals surface area contributed by atoms with Gasteiger partial charge in [-0.2, -0.15) is 0 Å². The van der Waals surface area contributed by atoms with E-state index in [1.165, 1.54) is 32.4 Å². The van der Waals surface area contributed by atoms with Crippen LogP contribution in [0.25, 0.3) is 12.2 Å². The first-order chi connectivity index (χ1) is 17.8. The topological polar surface area (TPSA) is 117 Å². The molecule has 1 amide bonds. The van der Waals surface area contributed by atoms with E-state index in [1.807, 2.05) is 13.8 Å². The summed E-state index contributed by atoms with van der Waals surface area (Å²) >= 11 is 0. The summed E-state index contributed by atoms with van der Waals surface area (Å²) in [6.07, 6.45) is 5.53. The van der Waals surface area contributed by atoms with E-state index in [0.717, 1.165) is 0 Å². The van der Waals surface area contributed by atoms with Crippen molar-refractivity contribution in [3.63, 3.8) is 0 Å². The normalized spacial score (nSPS) is 12.1. The number of methoxy groups -OCH3 is 2. The molecule has 0 bridgehead atoms. The number of benzene rings is 2. The predicted octanol–water partition coefficient (Wildman–Crippen LogP) is 4.05. The van der Waals surface area contributed by atoms with E-state index >= 15 is 0 Å². The molecule has 0 atom stereocenters. The summed E-state index contributed by atoms with van der Waals surface area (Å²) in [5.74, 6) is -0.0498. The number of allylic oxidation sites excluding steroid dienone is 2. The lowest BCUT2D eigenvalue weighted by atomic mass is 10.0. The van der Waals surface area contributed by atoms with E-state index < -0.39 is 5.78 Å². The van der Waals surface area contributed by atoms with Gasteiger partial charge in [-0.25, -0.2) is 0 Å². The minimum Gasteiger partial charge on any atom is -0.508 e. The van der Waals surface area contributed by atoms with Gasteiger partial charge in [-0.1, -0.05) is 30.4 Å². The van der Waals surface area contributed by atoms with Crippen LogP contribution in [0.1, 0.15) is 42.5 Å². The number of hydrogen-bond donors (Lipinski definition) is 3. The Morgan fingerprint density at radius 3 is 2.03 bits per heavy atom. The first-order valence-electron chi connectivity index (χ1n) is 12.0. The molecule has 0 heterocycles. The zero-order chi connectivity index (χ0) is 27.4. The summed E-state index contributed by atoms with van der Waals surface area (Å²) < 4.78 is 10.5. The lowest BCUT2D eigenvalue weighted by Gasteiger charge is -2.19. The molecular formula is C29H35NO7. The molecule has 0 fully saturated rings. The van der Waals surface area contributed by atoms with E-state index in [9.17, 15) is 24.9 Å². The molecule has 8 heteroatoms. The van der Waals surface area contributed by atoms with Gasteiger partial charge in [0.2, 0.25) is 5.91 Å². The maximum atomic E-state index is 13.1. The molecule has 0 unspecified atom stereocenters. The van der Waals surface area contributed by atoms with Crippen LogP contribution in [0.3, 0.4) is 0 Å². The monoisotopic (exact) mass is 509 g/mol. The van der Waals surface area contributed by atoms with Crippen molar-refractivity contribution in [1.29, 1.82) is 0 Å². The molecule has 37 heavy (non-hydrogen) atoms. The largest absolute Gasteiger partial charge is 0.508 e. The molecule has 2 aromatic rings. The molecule has 0 aliphatic rings. The molecule has 2 aromatic carbocycles. The molecular weight excluding hydrogens is 474 g/mol. The Kier molecular flexibility index (Phi) is 11.6. The summed E-state index contributed by atoms with van der Waals surface area (Å²) in [6, 6.07) is 10.2. The number of aliphatic hydroxyl groups is 3. The minimum atomic E-state index is -0.522. The van der Waals surface area contributed by atoms with Crippen molar-refractivity contribution in [2.75, 3.05) is 27.3 Å². The number of ether oxygens (including phenoxy) is 2. The third kappa shape index (κ3) is 8.06. The molecule has 0 aliphatic carbocycles. The first-order valence-corrected chi connectivity index (χ1v) is 12.0. The molecule has 0 aliphatic heterocycles. The van der Waals surface area contributed by atoms with Gasteiger partial charge in [0, 0.05) is 13.1 Å². The number of carbonyl (C=O) groups excluding carboxylic acids is 2. The standard InChI is InChI=1S/C29H35NO7/c1-5-30(6-2)29(35)17-24(25(33)12-8-20-7-11-22(18-31)23(15-20)19-32)26(34)13-9-21-10-14-27(36-3)28(16-21)37-4/h7-16,31-32,34H,5-6,17-19H2,1-4H3/b12-8+,13-9+,26-24-. The van der Waals surface area contributed by atoms with Crippen LogP contribution >= 0.6 is 0 Å². The average Bonchev–Trinajstić information content (AvgIpc) is 2.93. The van der Waals surface area contributed by atoms with E-state index in [4.69, 9.17) is 9.47 Å². The van der Waals surface area contributed by atoms with Crippen LogP contribution in [-0.4, -0.2) is 59.2 Å². The Hall–Kier alpha value is -3.88. The van der Waals surface area contributed by atoms with Gasteiger partial charge < -0.3 is 29.7 Å². The zero-order valence-electron chi connectivity index (χ0n) is 21.7. The lowest BCUT2D eigenvalue weighted by Crippen LogP contribution is -2.31. The van der Waals surface area contributed by atoms with Crippen molar-refractivity contribution in [1.82, 2.24) is 4.90 Å². The van der Waals surface area contributed by atoms with Crippen LogP contribution in [0.4, 0.5) is 0 Å². The van der Waals surface area contributed by atoms with E-state index in [1.54, 1.807) is 47.4 Å². The van der Waals surface area contributed by atoms with Crippen LogP contribution in [0.15, 0.2) is 59.9 Å². The highest BCUT2D eigenvalue weighted by Gasteiger charge is 2.19. The molecule has 3 N–H and O–H groups in total. The summed E-state index contributed by atoms with van der Waals surface area (Å²) in [6.45, 7) is 4.19. The molecule has 0 radical (unpaired) electrons. The fourth-order valence-electron chi connectivity index (χ4n) is 3.70. The second-order valence-electron chi connectivity index (χ2n) is 8.10. The molecule has 0 spiro atoms. The van der Waals surface area contributed by atoms with Gasteiger partial charge >= 0.3 is 0 Å². The van der Waals surface area contributed by atoms with Crippen LogP contribution in [-0.2, 0) is 22.8 Å². The summed E-state index contributed by atoms with van der Waals surface area (Å²) in [4.78, 5) is 27.5. The minimum absolute atomic E-state index is 0.0424. The first kappa shape index (κ1) is 29.4. The van der Waals surface area contributed by atoms with Gasteiger partial charge in [-0.15, -0.1) is 0 Å². The van der Waals surface area contributed by atoms with Gasteiger partial charge in [0.1, 0.15) is 5.76 Å². The number of rotatable bonds is 13. The van der Waals surface area contributed by atoms with Crippen LogP contribution in [0.5, 0.6) is 11.5 Å². The predicted molar refractivity (Wildman–Crippen MR) is 143 cm³/mol.